The summed E-state index contributed by atoms with van der Waals surface area (Å²) < 4.78 is 13.2. The summed E-state index contributed by atoms with van der Waals surface area (Å²) in [4.78, 5) is 36.2. The van der Waals surface area contributed by atoms with Gasteiger partial charge in [-0.3, -0.25) is 9.59 Å². The van der Waals surface area contributed by atoms with Crippen molar-refractivity contribution in [1.82, 2.24) is 5.32 Å². The molecule has 27 heavy (non-hydrogen) atoms. The Morgan fingerprint density at radius 2 is 1.96 bits per heavy atom. The maximum Gasteiger partial charge on any atom is 0.326 e. The van der Waals surface area contributed by atoms with Gasteiger partial charge in [0.25, 0.3) is 11.8 Å². The molecular formula is C19H21FN2O4S. The SMILES string of the molecule is CCCCC(NC(=O)c1sc(NC(=O)c2cccc(F)c2)cc1C)C(=O)O. The van der Waals surface area contributed by atoms with Crippen molar-refractivity contribution in [3.05, 3.63) is 52.2 Å². The lowest BCUT2D eigenvalue weighted by molar-refractivity contribution is -0.139. The molecule has 0 saturated carbocycles. The summed E-state index contributed by atoms with van der Waals surface area (Å²) in [6.45, 7) is 3.64. The van der Waals surface area contributed by atoms with Gasteiger partial charge in [-0.25, -0.2) is 9.18 Å². The lowest BCUT2D eigenvalue weighted by Gasteiger charge is -2.13. The van der Waals surface area contributed by atoms with Gasteiger partial charge in [0.1, 0.15) is 11.9 Å². The van der Waals surface area contributed by atoms with Gasteiger partial charge in [-0.15, -0.1) is 11.3 Å². The number of thiophene rings is 1. The molecule has 0 aliphatic rings. The maximum absolute atomic E-state index is 13.2. The average Bonchev–Trinajstić information content (AvgIpc) is 2.98. The highest BCUT2D eigenvalue weighted by Crippen LogP contribution is 2.27. The zero-order valence-corrected chi connectivity index (χ0v) is 15.9. The molecule has 6 nitrogen and oxygen atoms in total. The van der Waals surface area contributed by atoms with Gasteiger partial charge >= 0.3 is 5.97 Å². The number of rotatable bonds is 8. The third-order valence-electron chi connectivity index (χ3n) is 3.90. The molecule has 0 aliphatic heterocycles. The zero-order chi connectivity index (χ0) is 20.0. The van der Waals surface area contributed by atoms with E-state index < -0.39 is 29.6 Å². The Kier molecular flexibility index (Phi) is 7.06. The Bertz CT molecular complexity index is 850. The molecule has 144 valence electrons. The molecule has 0 spiro atoms. The van der Waals surface area contributed by atoms with Crippen molar-refractivity contribution in [2.24, 2.45) is 0 Å². The number of unbranched alkanes of at least 4 members (excludes halogenated alkanes) is 1. The molecule has 0 aliphatic carbocycles. The zero-order valence-electron chi connectivity index (χ0n) is 15.0. The predicted molar refractivity (Wildman–Crippen MR) is 102 cm³/mol. The van der Waals surface area contributed by atoms with Crippen LogP contribution >= 0.6 is 11.3 Å². The predicted octanol–water partition coefficient (Wildman–Crippen LogP) is 3.82. The fraction of sp³-hybridized carbons (Fsp3) is 0.316. The van der Waals surface area contributed by atoms with E-state index in [1.807, 2.05) is 6.92 Å². The number of carbonyl (C=O) groups is 3. The topological polar surface area (TPSA) is 95.5 Å². The quantitative estimate of drug-likeness (QED) is 0.636. The number of benzene rings is 1. The molecule has 0 saturated heterocycles. The smallest absolute Gasteiger partial charge is 0.326 e. The average molecular weight is 392 g/mol. The second kappa shape index (κ2) is 9.27. The number of carboxylic acids is 1. The maximum atomic E-state index is 13.2. The van der Waals surface area contributed by atoms with Crippen molar-refractivity contribution in [3.8, 4) is 0 Å². The lowest BCUT2D eigenvalue weighted by atomic mass is 10.1. The Hall–Kier alpha value is -2.74. The number of aliphatic carboxylic acids is 1. The highest BCUT2D eigenvalue weighted by Gasteiger charge is 2.22. The molecule has 1 atom stereocenters. The molecular weight excluding hydrogens is 371 g/mol. The number of halogens is 1. The number of hydrogen-bond acceptors (Lipinski definition) is 4. The van der Waals surface area contributed by atoms with E-state index in [0.717, 1.165) is 23.8 Å². The monoisotopic (exact) mass is 392 g/mol. The van der Waals surface area contributed by atoms with Gasteiger partial charge in [-0.1, -0.05) is 25.8 Å². The van der Waals surface area contributed by atoms with E-state index in [9.17, 15) is 23.9 Å². The van der Waals surface area contributed by atoms with Crippen LogP contribution < -0.4 is 10.6 Å². The molecule has 1 aromatic carbocycles. The van der Waals surface area contributed by atoms with Crippen LogP contribution in [-0.4, -0.2) is 28.9 Å². The van der Waals surface area contributed by atoms with Crippen molar-refractivity contribution in [2.75, 3.05) is 5.32 Å². The second-order valence-electron chi connectivity index (χ2n) is 6.09. The number of nitrogens with one attached hydrogen (secondary N) is 2. The molecule has 0 radical (unpaired) electrons. The summed E-state index contributed by atoms with van der Waals surface area (Å²) in [5.74, 6) is -2.58. The van der Waals surface area contributed by atoms with Crippen LogP contribution in [0.15, 0.2) is 30.3 Å². The van der Waals surface area contributed by atoms with E-state index in [0.29, 0.717) is 28.3 Å². The normalized spacial score (nSPS) is 11.7. The number of carboxylic acid groups (broad SMARTS) is 1. The van der Waals surface area contributed by atoms with Crippen LogP contribution in [-0.2, 0) is 4.79 Å². The number of anilines is 1. The van der Waals surface area contributed by atoms with E-state index in [1.54, 1.807) is 13.0 Å². The first-order valence-corrected chi connectivity index (χ1v) is 9.34. The molecule has 2 aromatic rings. The molecule has 0 fully saturated rings. The minimum absolute atomic E-state index is 0.164. The van der Waals surface area contributed by atoms with Crippen LogP contribution in [0.3, 0.4) is 0 Å². The second-order valence-corrected chi connectivity index (χ2v) is 7.15. The van der Waals surface area contributed by atoms with Gasteiger partial charge in [0.15, 0.2) is 0 Å². The number of carbonyl (C=O) groups excluding carboxylic acids is 2. The van der Waals surface area contributed by atoms with E-state index in [-0.39, 0.29) is 5.56 Å². The minimum atomic E-state index is -1.08. The first-order chi connectivity index (χ1) is 12.8. The lowest BCUT2D eigenvalue weighted by Crippen LogP contribution is -2.40. The van der Waals surface area contributed by atoms with Gasteiger partial charge in [-0.2, -0.15) is 0 Å². The summed E-state index contributed by atoms with van der Waals surface area (Å²) in [5.41, 5.74) is 0.782. The Morgan fingerprint density at radius 1 is 1.22 bits per heavy atom. The Labute approximate surface area is 160 Å². The third kappa shape index (κ3) is 5.62. The summed E-state index contributed by atoms with van der Waals surface area (Å²) >= 11 is 1.04. The van der Waals surface area contributed by atoms with Crippen LogP contribution in [0.4, 0.5) is 9.39 Å². The van der Waals surface area contributed by atoms with E-state index in [1.165, 1.54) is 18.2 Å². The van der Waals surface area contributed by atoms with E-state index in [4.69, 9.17) is 0 Å². The van der Waals surface area contributed by atoms with Gasteiger partial charge in [-0.05, 0) is 43.2 Å². The van der Waals surface area contributed by atoms with Gasteiger partial charge < -0.3 is 15.7 Å². The molecule has 1 aromatic heterocycles. The summed E-state index contributed by atoms with van der Waals surface area (Å²) in [6.07, 6.45) is 1.87. The highest BCUT2D eigenvalue weighted by molar-refractivity contribution is 7.18. The molecule has 1 unspecified atom stereocenters. The fourth-order valence-electron chi connectivity index (χ4n) is 2.47. The Morgan fingerprint density at radius 3 is 2.59 bits per heavy atom. The van der Waals surface area contributed by atoms with Crippen molar-refractivity contribution < 1.29 is 23.9 Å². The van der Waals surface area contributed by atoms with Crippen LogP contribution in [0.1, 0.15) is 51.8 Å². The van der Waals surface area contributed by atoms with Crippen molar-refractivity contribution in [3.63, 3.8) is 0 Å². The third-order valence-corrected chi connectivity index (χ3v) is 5.05. The molecule has 0 bridgehead atoms. The molecule has 2 rings (SSSR count). The van der Waals surface area contributed by atoms with E-state index >= 15 is 0 Å². The largest absolute Gasteiger partial charge is 0.480 e. The number of hydrogen-bond donors (Lipinski definition) is 3. The first-order valence-electron chi connectivity index (χ1n) is 8.52. The molecule has 3 N–H and O–H groups in total. The number of aryl methyl sites for hydroxylation is 1. The van der Waals surface area contributed by atoms with Gasteiger partial charge in [0, 0.05) is 5.56 Å². The van der Waals surface area contributed by atoms with Gasteiger partial charge in [0.05, 0.1) is 9.88 Å². The van der Waals surface area contributed by atoms with Gasteiger partial charge in [0.2, 0.25) is 0 Å². The van der Waals surface area contributed by atoms with Crippen LogP contribution in [0.2, 0.25) is 0 Å². The van der Waals surface area contributed by atoms with Crippen molar-refractivity contribution in [1.29, 1.82) is 0 Å². The van der Waals surface area contributed by atoms with Crippen molar-refractivity contribution in [2.45, 2.75) is 39.2 Å². The van der Waals surface area contributed by atoms with E-state index in [2.05, 4.69) is 10.6 Å². The van der Waals surface area contributed by atoms with Crippen LogP contribution in [0, 0.1) is 12.7 Å². The molecule has 1 heterocycles. The fourth-order valence-corrected chi connectivity index (χ4v) is 3.44. The Balaban J connectivity index is 2.09. The van der Waals surface area contributed by atoms with Crippen molar-refractivity contribution >= 4 is 34.1 Å². The minimum Gasteiger partial charge on any atom is -0.480 e. The highest BCUT2D eigenvalue weighted by atomic mass is 32.1. The summed E-state index contributed by atoms with van der Waals surface area (Å²) in [7, 11) is 0. The summed E-state index contributed by atoms with van der Waals surface area (Å²) in [6, 6.07) is 5.95. The molecule has 8 heteroatoms. The summed E-state index contributed by atoms with van der Waals surface area (Å²) in [5, 5.41) is 14.8. The number of amides is 2. The van der Waals surface area contributed by atoms with Crippen LogP contribution in [0.5, 0.6) is 0 Å². The molecule has 2 amide bonds. The first kappa shape index (κ1) is 20.6. The standard InChI is InChI=1S/C19H21FN2O4S/c1-3-4-8-14(19(25)26)21-18(24)16-11(2)9-15(27-16)22-17(23)12-6-5-7-13(20)10-12/h5-7,9-10,14H,3-4,8H2,1-2H3,(H,21,24)(H,22,23)(H,25,26). The van der Waals surface area contributed by atoms with Crippen LogP contribution in [0.25, 0.3) is 0 Å².